The van der Waals surface area contributed by atoms with Crippen LogP contribution in [0.2, 0.25) is 5.02 Å². The summed E-state index contributed by atoms with van der Waals surface area (Å²) in [7, 11) is 0. The van der Waals surface area contributed by atoms with Crippen LogP contribution in [0.5, 0.6) is 0 Å². The Morgan fingerprint density at radius 3 is 2.60 bits per heavy atom. The molecule has 2 aromatic carbocycles. The first-order chi connectivity index (χ1) is 9.36. The van der Waals surface area contributed by atoms with Gasteiger partial charge in [-0.3, -0.25) is 4.79 Å². The molecule has 0 saturated heterocycles. The zero-order chi connectivity index (χ0) is 14.9. The van der Waals surface area contributed by atoms with E-state index in [-0.39, 0.29) is 10.9 Å². The molecule has 3 N–H and O–H groups in total. The fraction of sp³-hybridized carbons (Fsp3) is 0.0714. The molecule has 0 heterocycles. The Morgan fingerprint density at radius 1 is 1.30 bits per heavy atom. The molecule has 2 rings (SSSR count). The molecule has 0 aliphatic heterocycles. The van der Waals surface area contributed by atoms with Crippen LogP contribution in [0.1, 0.15) is 15.9 Å². The van der Waals surface area contributed by atoms with E-state index in [1.807, 2.05) is 6.92 Å². The van der Waals surface area contributed by atoms with Crippen molar-refractivity contribution in [3.63, 3.8) is 0 Å². The van der Waals surface area contributed by atoms with Crippen molar-refractivity contribution in [2.45, 2.75) is 6.92 Å². The van der Waals surface area contributed by atoms with E-state index >= 15 is 0 Å². The summed E-state index contributed by atoms with van der Waals surface area (Å²) in [5.74, 6) is -0.853. The number of hydrogen-bond acceptors (Lipinski definition) is 2. The number of carbonyl (C=O) groups excluding carboxylic acids is 1. The van der Waals surface area contributed by atoms with Crippen LogP contribution in [-0.2, 0) is 0 Å². The van der Waals surface area contributed by atoms with Crippen molar-refractivity contribution in [1.82, 2.24) is 0 Å². The first kappa shape index (κ1) is 14.8. The normalized spacial score (nSPS) is 10.4. The van der Waals surface area contributed by atoms with Gasteiger partial charge in [0, 0.05) is 15.7 Å². The summed E-state index contributed by atoms with van der Waals surface area (Å²) in [6.07, 6.45) is 0. The van der Waals surface area contributed by atoms with Gasteiger partial charge in [-0.1, -0.05) is 11.6 Å². The first-order valence-electron chi connectivity index (χ1n) is 5.70. The maximum atomic E-state index is 13.1. The van der Waals surface area contributed by atoms with Crippen molar-refractivity contribution >= 4 is 44.8 Å². The van der Waals surface area contributed by atoms with Gasteiger partial charge >= 0.3 is 0 Å². The van der Waals surface area contributed by atoms with Gasteiger partial charge < -0.3 is 11.1 Å². The smallest absolute Gasteiger partial charge is 0.255 e. The number of amides is 1. The van der Waals surface area contributed by atoms with Crippen LogP contribution in [0.4, 0.5) is 15.8 Å². The molecule has 1 amide bonds. The molecule has 0 radical (unpaired) electrons. The number of benzene rings is 2. The van der Waals surface area contributed by atoms with Crippen LogP contribution < -0.4 is 11.1 Å². The van der Waals surface area contributed by atoms with Gasteiger partial charge in [0.2, 0.25) is 0 Å². The maximum Gasteiger partial charge on any atom is 0.255 e. The molecule has 0 fully saturated rings. The van der Waals surface area contributed by atoms with Crippen LogP contribution >= 0.6 is 27.5 Å². The molecule has 0 aliphatic rings. The number of rotatable bonds is 2. The first-order valence-corrected chi connectivity index (χ1v) is 6.87. The molecule has 20 heavy (non-hydrogen) atoms. The summed E-state index contributed by atoms with van der Waals surface area (Å²) < 4.78 is 13.5. The highest BCUT2D eigenvalue weighted by atomic mass is 79.9. The third-order valence-electron chi connectivity index (χ3n) is 2.61. The van der Waals surface area contributed by atoms with Gasteiger partial charge in [-0.25, -0.2) is 4.39 Å². The zero-order valence-corrected chi connectivity index (χ0v) is 12.8. The van der Waals surface area contributed by atoms with Crippen molar-refractivity contribution < 1.29 is 9.18 Å². The molecule has 0 aliphatic carbocycles. The van der Waals surface area contributed by atoms with Gasteiger partial charge in [0.25, 0.3) is 5.91 Å². The number of anilines is 2. The SMILES string of the molecule is Cc1cc(N)cc(C(=O)Nc2c(Cl)cc(F)cc2Br)c1. The fourth-order valence-electron chi connectivity index (χ4n) is 1.79. The summed E-state index contributed by atoms with van der Waals surface area (Å²) in [4.78, 5) is 12.2. The minimum absolute atomic E-state index is 0.117. The summed E-state index contributed by atoms with van der Waals surface area (Å²) >= 11 is 9.08. The summed E-state index contributed by atoms with van der Waals surface area (Å²) in [6.45, 7) is 1.84. The molecule has 0 spiro atoms. The summed E-state index contributed by atoms with van der Waals surface area (Å²) in [5.41, 5.74) is 7.81. The number of nitrogens with one attached hydrogen (secondary N) is 1. The van der Waals surface area contributed by atoms with E-state index in [2.05, 4.69) is 21.2 Å². The Hall–Kier alpha value is -1.59. The van der Waals surface area contributed by atoms with Gasteiger partial charge in [-0.2, -0.15) is 0 Å². The molecule has 0 bridgehead atoms. The van der Waals surface area contributed by atoms with Crippen molar-refractivity contribution in [1.29, 1.82) is 0 Å². The number of nitrogen functional groups attached to an aromatic ring is 1. The van der Waals surface area contributed by atoms with Crippen LogP contribution in [0.25, 0.3) is 0 Å². The molecule has 0 atom stereocenters. The Labute approximate surface area is 129 Å². The van der Waals surface area contributed by atoms with E-state index in [4.69, 9.17) is 17.3 Å². The Kier molecular flexibility index (Phi) is 4.30. The van der Waals surface area contributed by atoms with E-state index in [0.29, 0.717) is 21.4 Å². The molecule has 0 saturated carbocycles. The fourth-order valence-corrected chi connectivity index (χ4v) is 2.69. The third kappa shape index (κ3) is 3.29. The van der Waals surface area contributed by atoms with Gasteiger partial charge in [0.1, 0.15) is 5.82 Å². The molecular weight excluding hydrogens is 347 g/mol. The van der Waals surface area contributed by atoms with Gasteiger partial charge in [-0.15, -0.1) is 0 Å². The number of carbonyl (C=O) groups is 1. The molecule has 104 valence electrons. The van der Waals surface area contributed by atoms with Crippen LogP contribution in [0, 0.1) is 12.7 Å². The third-order valence-corrected chi connectivity index (χ3v) is 3.53. The van der Waals surface area contributed by atoms with Crippen LogP contribution in [0.3, 0.4) is 0 Å². The van der Waals surface area contributed by atoms with Crippen molar-refractivity contribution in [3.05, 3.63) is 56.8 Å². The van der Waals surface area contributed by atoms with E-state index < -0.39 is 5.82 Å². The van der Waals surface area contributed by atoms with Crippen LogP contribution in [0.15, 0.2) is 34.8 Å². The lowest BCUT2D eigenvalue weighted by atomic mass is 10.1. The number of hydrogen-bond donors (Lipinski definition) is 2. The molecule has 0 unspecified atom stereocenters. The summed E-state index contributed by atoms with van der Waals surface area (Å²) in [5, 5.41) is 2.75. The van der Waals surface area contributed by atoms with Gasteiger partial charge in [0.05, 0.1) is 10.7 Å². The Morgan fingerprint density at radius 2 is 2.00 bits per heavy atom. The Bertz CT molecular complexity index is 648. The lowest BCUT2D eigenvalue weighted by Gasteiger charge is -2.10. The predicted octanol–water partition coefficient (Wildman–Crippen LogP) is 4.38. The monoisotopic (exact) mass is 356 g/mol. The second kappa shape index (κ2) is 5.81. The second-order valence-electron chi connectivity index (χ2n) is 4.33. The summed E-state index contributed by atoms with van der Waals surface area (Å²) in [6, 6.07) is 7.39. The van der Waals surface area contributed by atoms with Crippen molar-refractivity contribution in [3.8, 4) is 0 Å². The second-order valence-corrected chi connectivity index (χ2v) is 5.59. The standard InChI is InChI=1S/C14H11BrClFN2O/c1-7-2-8(4-10(18)3-7)14(20)19-13-11(15)5-9(17)6-12(13)16/h2-6H,18H2,1H3,(H,19,20). The average molecular weight is 358 g/mol. The maximum absolute atomic E-state index is 13.1. The van der Waals surface area contributed by atoms with Crippen molar-refractivity contribution in [2.75, 3.05) is 11.1 Å². The molecular formula is C14H11BrClFN2O. The van der Waals surface area contributed by atoms with Crippen molar-refractivity contribution in [2.24, 2.45) is 0 Å². The highest BCUT2D eigenvalue weighted by Crippen LogP contribution is 2.32. The Balaban J connectivity index is 2.32. The quantitative estimate of drug-likeness (QED) is 0.783. The number of aryl methyl sites for hydroxylation is 1. The van der Waals surface area contributed by atoms with Crippen LogP contribution in [-0.4, -0.2) is 5.91 Å². The minimum atomic E-state index is -0.486. The highest BCUT2D eigenvalue weighted by molar-refractivity contribution is 9.10. The molecule has 2 aromatic rings. The average Bonchev–Trinajstić information content (AvgIpc) is 2.32. The highest BCUT2D eigenvalue weighted by Gasteiger charge is 2.13. The number of nitrogens with two attached hydrogens (primary N) is 1. The molecule has 0 aromatic heterocycles. The zero-order valence-electron chi connectivity index (χ0n) is 10.5. The van der Waals surface area contributed by atoms with E-state index in [1.165, 1.54) is 6.07 Å². The topological polar surface area (TPSA) is 55.1 Å². The van der Waals surface area contributed by atoms with Gasteiger partial charge in [0.15, 0.2) is 0 Å². The number of halogens is 3. The van der Waals surface area contributed by atoms with E-state index in [0.717, 1.165) is 11.6 Å². The lowest BCUT2D eigenvalue weighted by molar-refractivity contribution is 0.102. The largest absolute Gasteiger partial charge is 0.399 e. The molecule has 3 nitrogen and oxygen atoms in total. The molecule has 6 heteroatoms. The van der Waals surface area contributed by atoms with E-state index in [9.17, 15) is 9.18 Å². The van der Waals surface area contributed by atoms with E-state index in [1.54, 1.807) is 18.2 Å². The van der Waals surface area contributed by atoms with Gasteiger partial charge in [-0.05, 0) is 58.7 Å². The lowest BCUT2D eigenvalue weighted by Crippen LogP contribution is -2.13. The minimum Gasteiger partial charge on any atom is -0.399 e. The predicted molar refractivity (Wildman–Crippen MR) is 82.7 cm³/mol.